The van der Waals surface area contributed by atoms with Crippen molar-refractivity contribution in [3.63, 3.8) is 0 Å². The van der Waals surface area contributed by atoms with Gasteiger partial charge in [-0.2, -0.15) is 8.80 Å². The molecule has 0 saturated heterocycles. The SMILES string of the molecule is CCc1ccc2c(ccc3c[n+]4c5ccc(N(C)C)cc5ccc4n32)c1. The molecule has 3 heteroatoms. The number of hydrogen-bond acceptors (Lipinski definition) is 1. The fourth-order valence-electron chi connectivity index (χ4n) is 3.90. The van der Waals surface area contributed by atoms with Crippen molar-refractivity contribution < 1.29 is 4.40 Å². The van der Waals surface area contributed by atoms with Crippen molar-refractivity contribution >= 4 is 38.7 Å². The van der Waals surface area contributed by atoms with Gasteiger partial charge in [-0.1, -0.05) is 13.0 Å². The summed E-state index contributed by atoms with van der Waals surface area (Å²) in [6.07, 6.45) is 3.30. The quantitative estimate of drug-likeness (QED) is 0.427. The molecule has 3 nitrogen and oxygen atoms in total. The van der Waals surface area contributed by atoms with Crippen LogP contribution in [0.4, 0.5) is 5.69 Å². The molecule has 0 amide bonds. The summed E-state index contributed by atoms with van der Waals surface area (Å²) in [7, 11) is 4.16. The van der Waals surface area contributed by atoms with Gasteiger partial charge in [0.15, 0.2) is 5.52 Å². The number of rotatable bonds is 2. The summed E-state index contributed by atoms with van der Waals surface area (Å²) in [5.41, 5.74) is 7.49. The van der Waals surface area contributed by atoms with Crippen LogP contribution in [-0.2, 0) is 6.42 Å². The van der Waals surface area contributed by atoms with Crippen molar-refractivity contribution in [3.05, 3.63) is 72.4 Å². The summed E-state index contributed by atoms with van der Waals surface area (Å²) in [6, 6.07) is 22.3. The maximum atomic E-state index is 2.36. The van der Waals surface area contributed by atoms with Crippen LogP contribution in [0.15, 0.2) is 66.9 Å². The van der Waals surface area contributed by atoms with E-state index in [2.05, 4.69) is 102 Å². The summed E-state index contributed by atoms with van der Waals surface area (Å²) in [6.45, 7) is 2.20. The number of pyridine rings is 2. The molecule has 0 aliphatic heterocycles. The molecule has 2 aromatic carbocycles. The predicted molar refractivity (Wildman–Crippen MR) is 109 cm³/mol. The normalized spacial score (nSPS) is 11.8. The fraction of sp³-hybridized carbons (Fsp3) is 0.174. The van der Waals surface area contributed by atoms with Gasteiger partial charge in [0.05, 0.1) is 0 Å². The van der Waals surface area contributed by atoms with E-state index >= 15 is 0 Å². The van der Waals surface area contributed by atoms with E-state index in [1.807, 2.05) is 0 Å². The molecule has 3 aromatic heterocycles. The van der Waals surface area contributed by atoms with Crippen molar-refractivity contribution in [2.24, 2.45) is 0 Å². The summed E-state index contributed by atoms with van der Waals surface area (Å²) < 4.78 is 4.66. The molecule has 5 rings (SSSR count). The Balaban J connectivity index is 1.88. The minimum absolute atomic E-state index is 1.06. The van der Waals surface area contributed by atoms with E-state index in [0.29, 0.717) is 0 Å². The van der Waals surface area contributed by atoms with Gasteiger partial charge in [-0.3, -0.25) is 0 Å². The largest absolute Gasteiger partial charge is 0.378 e. The molecule has 26 heavy (non-hydrogen) atoms. The molecule has 0 saturated carbocycles. The lowest BCUT2D eigenvalue weighted by Gasteiger charge is -2.12. The molecular formula is C23H22N3+. The van der Waals surface area contributed by atoms with Crippen molar-refractivity contribution in [1.82, 2.24) is 4.40 Å². The molecule has 0 fully saturated rings. The number of anilines is 1. The van der Waals surface area contributed by atoms with Crippen LogP contribution in [0.3, 0.4) is 0 Å². The number of nitrogens with zero attached hydrogens (tertiary/aromatic N) is 3. The van der Waals surface area contributed by atoms with Crippen molar-refractivity contribution in [2.45, 2.75) is 13.3 Å². The van der Waals surface area contributed by atoms with Crippen LogP contribution < -0.4 is 9.30 Å². The summed E-state index contributed by atoms with van der Waals surface area (Å²) in [5.74, 6) is 0. The number of aromatic nitrogens is 2. The van der Waals surface area contributed by atoms with Crippen molar-refractivity contribution in [3.8, 4) is 0 Å². The van der Waals surface area contributed by atoms with Crippen LogP contribution in [-0.4, -0.2) is 18.5 Å². The molecule has 5 aromatic rings. The average Bonchev–Trinajstić information content (AvgIpc) is 3.06. The number of fused-ring (bicyclic) bond motifs is 7. The molecule has 0 spiro atoms. The second kappa shape index (κ2) is 5.46. The van der Waals surface area contributed by atoms with Gasteiger partial charge >= 0.3 is 0 Å². The van der Waals surface area contributed by atoms with Gasteiger partial charge in [-0.15, -0.1) is 0 Å². The maximum Gasteiger partial charge on any atom is 0.292 e. The van der Waals surface area contributed by atoms with E-state index in [1.54, 1.807) is 0 Å². The van der Waals surface area contributed by atoms with Crippen LogP contribution in [0.2, 0.25) is 0 Å². The fourth-order valence-corrected chi connectivity index (χ4v) is 3.90. The molecule has 0 bridgehead atoms. The Bertz CT molecular complexity index is 1300. The first-order chi connectivity index (χ1) is 12.7. The topological polar surface area (TPSA) is 11.8 Å². The van der Waals surface area contributed by atoms with Crippen LogP contribution >= 0.6 is 0 Å². The smallest absolute Gasteiger partial charge is 0.292 e. The minimum Gasteiger partial charge on any atom is -0.378 e. The van der Waals surface area contributed by atoms with Crippen LogP contribution in [0.5, 0.6) is 0 Å². The molecular weight excluding hydrogens is 318 g/mol. The summed E-state index contributed by atoms with van der Waals surface area (Å²) in [5, 5.41) is 2.54. The van der Waals surface area contributed by atoms with Gasteiger partial charge in [0.25, 0.3) is 5.65 Å². The lowest BCUT2D eigenvalue weighted by Crippen LogP contribution is -2.20. The van der Waals surface area contributed by atoms with Gasteiger partial charge < -0.3 is 4.90 Å². The van der Waals surface area contributed by atoms with Crippen LogP contribution in [0.1, 0.15) is 12.5 Å². The summed E-state index contributed by atoms with van der Waals surface area (Å²) in [4.78, 5) is 2.14. The van der Waals surface area contributed by atoms with Gasteiger partial charge in [-0.25, -0.2) is 0 Å². The Labute approximate surface area is 152 Å². The second-order valence-electron chi connectivity index (χ2n) is 7.17. The first kappa shape index (κ1) is 15.2. The van der Waals surface area contributed by atoms with Crippen molar-refractivity contribution in [2.75, 3.05) is 19.0 Å². The Morgan fingerprint density at radius 2 is 1.73 bits per heavy atom. The zero-order chi connectivity index (χ0) is 17.8. The Kier molecular flexibility index (Phi) is 3.20. The lowest BCUT2D eigenvalue weighted by atomic mass is 10.1. The molecule has 0 radical (unpaired) electrons. The molecule has 0 aliphatic carbocycles. The Hall–Kier alpha value is -3.07. The predicted octanol–water partition coefficient (Wildman–Crippen LogP) is 4.61. The number of benzene rings is 2. The first-order valence-electron chi connectivity index (χ1n) is 9.14. The lowest BCUT2D eigenvalue weighted by molar-refractivity contribution is -0.479. The van der Waals surface area contributed by atoms with E-state index in [-0.39, 0.29) is 0 Å². The maximum absolute atomic E-state index is 2.36. The second-order valence-corrected chi connectivity index (χ2v) is 7.17. The highest BCUT2D eigenvalue weighted by atomic mass is 15.1. The van der Waals surface area contributed by atoms with Gasteiger partial charge in [-0.05, 0) is 60.5 Å². The molecule has 0 atom stereocenters. The number of imidazole rings is 1. The third kappa shape index (κ3) is 2.10. The monoisotopic (exact) mass is 340 g/mol. The Morgan fingerprint density at radius 1 is 0.885 bits per heavy atom. The molecule has 3 heterocycles. The molecule has 0 aliphatic rings. The van der Waals surface area contributed by atoms with E-state index < -0.39 is 0 Å². The average molecular weight is 340 g/mol. The van der Waals surface area contributed by atoms with Crippen LogP contribution in [0.25, 0.3) is 33.0 Å². The van der Waals surface area contributed by atoms with E-state index in [1.165, 1.54) is 44.2 Å². The highest BCUT2D eigenvalue weighted by Crippen LogP contribution is 2.24. The highest BCUT2D eigenvalue weighted by Gasteiger charge is 2.17. The Morgan fingerprint density at radius 3 is 2.54 bits per heavy atom. The standard InChI is InChI=1S/C23H22N3/c1-4-16-5-10-22-17(13-16)6-8-20-15-25-21-11-9-19(24(2)3)14-18(21)7-12-23(25)26(20)22/h5-15H,4H2,1-3H3/q+1. The van der Waals surface area contributed by atoms with Crippen LogP contribution in [0, 0.1) is 0 Å². The van der Waals surface area contributed by atoms with Gasteiger partial charge in [0.2, 0.25) is 0 Å². The van der Waals surface area contributed by atoms with E-state index in [4.69, 9.17) is 0 Å². The molecule has 128 valence electrons. The van der Waals surface area contributed by atoms with Crippen molar-refractivity contribution in [1.29, 1.82) is 0 Å². The minimum atomic E-state index is 1.06. The molecule has 0 N–H and O–H groups in total. The zero-order valence-electron chi connectivity index (χ0n) is 15.4. The van der Waals surface area contributed by atoms with Gasteiger partial charge in [0, 0.05) is 36.6 Å². The molecule has 0 unspecified atom stereocenters. The summed E-state index contributed by atoms with van der Waals surface area (Å²) >= 11 is 0. The van der Waals surface area contributed by atoms with Gasteiger partial charge in [0.1, 0.15) is 17.2 Å². The first-order valence-corrected chi connectivity index (χ1v) is 9.14. The van der Waals surface area contributed by atoms with E-state index in [0.717, 1.165) is 6.42 Å². The third-order valence-electron chi connectivity index (χ3n) is 5.37. The van der Waals surface area contributed by atoms with E-state index in [9.17, 15) is 0 Å². The number of hydrogen-bond donors (Lipinski definition) is 0. The third-order valence-corrected chi connectivity index (χ3v) is 5.37. The number of aryl methyl sites for hydroxylation is 1. The highest BCUT2D eigenvalue weighted by molar-refractivity contribution is 5.86. The zero-order valence-corrected chi connectivity index (χ0v) is 15.4.